The molecule has 6 aliphatic rings. The van der Waals surface area contributed by atoms with Gasteiger partial charge in [-0.25, -0.2) is 0 Å². The Morgan fingerprint density at radius 1 is 1.19 bits per heavy atom. The highest BCUT2D eigenvalue weighted by atomic mass is 16.6. The fraction of sp³-hybridized carbons (Fsp3) is 0.850. The average Bonchev–Trinajstić information content (AvgIpc) is 2.76. The maximum absolute atomic E-state index is 13.4. The maximum Gasteiger partial charge on any atom is 0.208 e. The summed E-state index contributed by atoms with van der Waals surface area (Å²) in [5.74, 6) is -4.13. The lowest BCUT2D eigenvalue weighted by atomic mass is 9.36. The number of ether oxygens (including phenoxy) is 1. The van der Waals surface area contributed by atoms with E-state index in [0.717, 1.165) is 0 Å². The summed E-state index contributed by atoms with van der Waals surface area (Å²) >= 11 is 0. The largest absolute Gasteiger partial charge is 0.396 e. The van der Waals surface area contributed by atoms with Crippen molar-refractivity contribution in [3.05, 3.63) is 12.2 Å². The Morgan fingerprint density at radius 2 is 1.89 bits per heavy atom. The molecule has 7 nitrogen and oxygen atoms in total. The van der Waals surface area contributed by atoms with Crippen molar-refractivity contribution in [2.24, 2.45) is 34.0 Å². The second-order valence-corrected chi connectivity index (χ2v) is 9.76. The fourth-order valence-corrected chi connectivity index (χ4v) is 7.92. The molecule has 4 saturated carbocycles. The molecular weight excluding hydrogens is 352 g/mol. The van der Waals surface area contributed by atoms with Crippen LogP contribution in [0.5, 0.6) is 0 Å². The van der Waals surface area contributed by atoms with E-state index in [9.17, 15) is 30.3 Å². The summed E-state index contributed by atoms with van der Waals surface area (Å²) in [7, 11) is 0. The molecule has 2 heterocycles. The molecule has 0 amide bonds. The molecule has 10 atom stereocenters. The molecule has 0 aromatic carbocycles. The number of fused-ring (bicyclic) bond motifs is 2. The molecule has 0 aromatic heterocycles. The van der Waals surface area contributed by atoms with E-state index in [2.05, 4.69) is 6.58 Å². The molecule has 150 valence electrons. The van der Waals surface area contributed by atoms with Crippen LogP contribution in [0.4, 0.5) is 0 Å². The van der Waals surface area contributed by atoms with Gasteiger partial charge in [-0.3, -0.25) is 4.79 Å². The van der Waals surface area contributed by atoms with Gasteiger partial charge in [-0.2, -0.15) is 0 Å². The minimum Gasteiger partial charge on any atom is -0.396 e. The predicted octanol–water partition coefficient (Wildman–Crippen LogP) is -0.652. The molecule has 4 bridgehead atoms. The van der Waals surface area contributed by atoms with Gasteiger partial charge in [0.15, 0.2) is 5.78 Å². The number of ketones is 1. The molecule has 0 aromatic rings. The van der Waals surface area contributed by atoms with Crippen LogP contribution in [0.3, 0.4) is 0 Å². The minimum absolute atomic E-state index is 0.136. The highest BCUT2D eigenvalue weighted by Gasteiger charge is 2.86. The van der Waals surface area contributed by atoms with Crippen LogP contribution < -0.4 is 0 Å². The SMILES string of the molecule is C=C1C(=O)[C@]23[C@H](O)[C@H]1CC[C@H]2[C@]12CC[C@@H](O)[C@@](C)(CO)[C@H]1[C@H](O)[C@]3(O)OC2. The van der Waals surface area contributed by atoms with Crippen LogP contribution in [0.2, 0.25) is 0 Å². The second kappa shape index (κ2) is 5.01. The molecule has 0 unspecified atom stereocenters. The third-order valence-corrected chi connectivity index (χ3v) is 9.16. The van der Waals surface area contributed by atoms with Gasteiger partial charge in [0, 0.05) is 22.7 Å². The van der Waals surface area contributed by atoms with E-state index >= 15 is 0 Å². The normalized spacial score (nSPS) is 61.7. The zero-order valence-corrected chi connectivity index (χ0v) is 15.5. The van der Waals surface area contributed by atoms with Crippen molar-refractivity contribution in [1.82, 2.24) is 0 Å². The number of rotatable bonds is 1. The summed E-state index contributed by atoms with van der Waals surface area (Å²) in [6.45, 7) is 5.39. The lowest BCUT2D eigenvalue weighted by Gasteiger charge is -2.74. The summed E-state index contributed by atoms with van der Waals surface area (Å²) in [6.07, 6.45) is -1.37. The summed E-state index contributed by atoms with van der Waals surface area (Å²) in [6, 6.07) is 0. The molecule has 2 aliphatic heterocycles. The highest BCUT2D eigenvalue weighted by Crippen LogP contribution is 2.76. The topological polar surface area (TPSA) is 127 Å². The minimum atomic E-state index is -2.26. The number of hydrogen-bond donors (Lipinski definition) is 5. The standard InChI is InChI=1S/C20H28O7/c1-9-10-3-4-11-18-6-5-12(22)17(2,7-21)13(18)16(25)20(26,27-8-18)19(11,14(9)23)15(10)24/h10-13,15-16,21-22,24-26H,1,3-8H2,2H3/t10-,11-,12+,13+,15+,16-,17+,18+,19-,20-/m0/s1. The van der Waals surface area contributed by atoms with Crippen LogP contribution in [0, 0.1) is 34.0 Å². The van der Waals surface area contributed by atoms with E-state index < -0.39 is 63.9 Å². The zero-order chi connectivity index (χ0) is 19.6. The van der Waals surface area contributed by atoms with Gasteiger partial charge in [-0.05, 0) is 37.2 Å². The molecule has 2 saturated heterocycles. The third-order valence-electron chi connectivity index (χ3n) is 9.16. The van der Waals surface area contributed by atoms with E-state index in [4.69, 9.17) is 4.74 Å². The van der Waals surface area contributed by atoms with Gasteiger partial charge in [0.05, 0.1) is 25.4 Å². The molecule has 7 heteroatoms. The number of hydrogen-bond acceptors (Lipinski definition) is 7. The number of Topliss-reactive ketones (excluding diaryl/α,β-unsaturated/α-hetero) is 1. The van der Waals surface area contributed by atoms with Gasteiger partial charge in [0.2, 0.25) is 5.79 Å². The summed E-state index contributed by atoms with van der Waals surface area (Å²) in [5, 5.41) is 54.8. The van der Waals surface area contributed by atoms with Gasteiger partial charge in [-0.1, -0.05) is 13.5 Å². The van der Waals surface area contributed by atoms with Crippen LogP contribution in [-0.4, -0.2) is 68.6 Å². The first-order valence-corrected chi connectivity index (χ1v) is 9.88. The van der Waals surface area contributed by atoms with Crippen molar-refractivity contribution in [3.63, 3.8) is 0 Å². The van der Waals surface area contributed by atoms with Crippen molar-refractivity contribution in [2.75, 3.05) is 13.2 Å². The number of aliphatic hydroxyl groups excluding tert-OH is 4. The molecule has 5 N–H and O–H groups in total. The first kappa shape index (κ1) is 18.2. The molecule has 6 rings (SSSR count). The van der Waals surface area contributed by atoms with Crippen molar-refractivity contribution in [1.29, 1.82) is 0 Å². The van der Waals surface area contributed by atoms with Crippen LogP contribution in [0.25, 0.3) is 0 Å². The Labute approximate surface area is 157 Å². The van der Waals surface area contributed by atoms with Crippen LogP contribution in [0.15, 0.2) is 12.2 Å². The van der Waals surface area contributed by atoms with Gasteiger partial charge >= 0.3 is 0 Å². The van der Waals surface area contributed by atoms with Crippen LogP contribution in [-0.2, 0) is 9.53 Å². The Bertz CT molecular complexity index is 734. The predicted molar refractivity (Wildman–Crippen MR) is 92.1 cm³/mol. The Hall–Kier alpha value is -0.830. The molecule has 4 aliphatic carbocycles. The lowest BCUT2D eigenvalue weighted by molar-refractivity contribution is -0.453. The van der Waals surface area contributed by atoms with Crippen molar-refractivity contribution >= 4 is 5.78 Å². The van der Waals surface area contributed by atoms with E-state index in [1.54, 1.807) is 6.92 Å². The van der Waals surface area contributed by atoms with Gasteiger partial charge in [0.25, 0.3) is 0 Å². The monoisotopic (exact) mass is 380 g/mol. The molecule has 0 radical (unpaired) electrons. The number of aliphatic hydroxyl groups is 5. The zero-order valence-electron chi connectivity index (χ0n) is 15.5. The fourth-order valence-electron chi connectivity index (χ4n) is 7.92. The second-order valence-electron chi connectivity index (χ2n) is 9.76. The third kappa shape index (κ3) is 1.56. The van der Waals surface area contributed by atoms with E-state index in [1.165, 1.54) is 0 Å². The van der Waals surface area contributed by atoms with Gasteiger partial charge in [0.1, 0.15) is 11.5 Å². The van der Waals surface area contributed by atoms with Crippen LogP contribution >= 0.6 is 0 Å². The highest BCUT2D eigenvalue weighted by molar-refractivity contribution is 6.05. The Morgan fingerprint density at radius 3 is 2.56 bits per heavy atom. The lowest BCUT2D eigenvalue weighted by Crippen LogP contribution is -2.84. The number of carbonyl (C=O) groups excluding carboxylic acids is 1. The van der Waals surface area contributed by atoms with Crippen molar-refractivity contribution in [3.8, 4) is 0 Å². The molecular formula is C20H28O7. The summed E-state index contributed by atoms with van der Waals surface area (Å²) in [4.78, 5) is 13.4. The average molecular weight is 380 g/mol. The summed E-state index contributed by atoms with van der Waals surface area (Å²) in [5.41, 5.74) is -3.06. The van der Waals surface area contributed by atoms with E-state index in [0.29, 0.717) is 31.3 Å². The Kier molecular flexibility index (Phi) is 3.38. The molecule has 2 spiro atoms. The maximum atomic E-state index is 13.4. The van der Waals surface area contributed by atoms with E-state index in [-0.39, 0.29) is 13.2 Å². The number of carbonyl (C=O) groups is 1. The molecule has 6 fully saturated rings. The van der Waals surface area contributed by atoms with Gasteiger partial charge in [-0.15, -0.1) is 0 Å². The van der Waals surface area contributed by atoms with Crippen molar-refractivity contribution in [2.45, 2.75) is 56.7 Å². The first-order chi connectivity index (χ1) is 12.6. The van der Waals surface area contributed by atoms with Crippen molar-refractivity contribution < 1.29 is 35.1 Å². The quantitative estimate of drug-likeness (QED) is 0.383. The van der Waals surface area contributed by atoms with Crippen LogP contribution in [0.1, 0.15) is 32.6 Å². The van der Waals surface area contributed by atoms with Gasteiger partial charge < -0.3 is 30.3 Å². The summed E-state index contributed by atoms with van der Waals surface area (Å²) < 4.78 is 5.81. The Balaban J connectivity index is 1.77. The molecule has 27 heavy (non-hydrogen) atoms. The first-order valence-electron chi connectivity index (χ1n) is 9.88. The van der Waals surface area contributed by atoms with E-state index in [1.807, 2.05) is 0 Å². The smallest absolute Gasteiger partial charge is 0.208 e.